The molecule has 0 aliphatic carbocycles. The third-order valence-electron chi connectivity index (χ3n) is 4.77. The Morgan fingerprint density at radius 1 is 1.09 bits per heavy atom. The van der Waals surface area contributed by atoms with Gasteiger partial charge in [0.1, 0.15) is 5.54 Å². The number of nitriles is 1. The maximum absolute atomic E-state index is 9.77. The minimum Gasteiger partial charge on any atom is -0.274 e. The third-order valence-corrected chi connectivity index (χ3v) is 4.77. The molecule has 1 heterocycles. The van der Waals surface area contributed by atoms with Gasteiger partial charge in [-0.1, -0.05) is 60.7 Å². The zero-order valence-corrected chi connectivity index (χ0v) is 13.1. The van der Waals surface area contributed by atoms with E-state index in [-0.39, 0.29) is 0 Å². The molecule has 0 spiro atoms. The summed E-state index contributed by atoms with van der Waals surface area (Å²) in [6.07, 6.45) is 3.17. The predicted octanol–water partition coefficient (Wildman–Crippen LogP) is 4.70. The molecule has 3 rings (SSSR count). The molecule has 1 aliphatic heterocycles. The second-order valence-electron chi connectivity index (χ2n) is 6.32. The predicted molar refractivity (Wildman–Crippen MR) is 89.0 cm³/mol. The van der Waals surface area contributed by atoms with Crippen molar-refractivity contribution in [1.29, 1.82) is 5.26 Å². The van der Waals surface area contributed by atoms with Crippen LogP contribution in [0.1, 0.15) is 43.4 Å². The highest BCUT2D eigenvalue weighted by molar-refractivity contribution is 5.24. The van der Waals surface area contributed by atoms with E-state index in [1.807, 2.05) is 6.07 Å². The summed E-state index contributed by atoms with van der Waals surface area (Å²) in [6, 6.07) is 24.0. The fraction of sp³-hybridized carbons (Fsp3) is 0.350. The molecule has 2 atom stereocenters. The molecule has 0 amide bonds. The van der Waals surface area contributed by atoms with E-state index in [9.17, 15) is 5.26 Å². The van der Waals surface area contributed by atoms with Crippen LogP contribution in [0.2, 0.25) is 0 Å². The van der Waals surface area contributed by atoms with Gasteiger partial charge in [-0.3, -0.25) is 4.90 Å². The Morgan fingerprint density at radius 3 is 2.36 bits per heavy atom. The van der Waals surface area contributed by atoms with Crippen molar-refractivity contribution >= 4 is 0 Å². The smallest absolute Gasteiger partial charge is 0.107 e. The summed E-state index contributed by atoms with van der Waals surface area (Å²) in [5.41, 5.74) is 2.20. The minimum absolute atomic E-state index is 0.319. The molecular formula is C20H22N2. The Kier molecular flexibility index (Phi) is 4.27. The molecule has 1 saturated heterocycles. The lowest BCUT2D eigenvalue weighted by atomic mass is 9.83. The lowest BCUT2D eigenvalue weighted by Gasteiger charge is -2.46. The Morgan fingerprint density at radius 2 is 1.73 bits per heavy atom. The number of likely N-dealkylation sites (tertiary alicyclic amines) is 1. The summed E-state index contributed by atoms with van der Waals surface area (Å²) in [7, 11) is 0. The van der Waals surface area contributed by atoms with Gasteiger partial charge in [0.05, 0.1) is 6.07 Å². The molecule has 0 saturated carbocycles. The number of nitrogens with zero attached hydrogens (tertiary/aromatic N) is 2. The lowest BCUT2D eigenvalue weighted by Crippen LogP contribution is -2.49. The average molecular weight is 290 g/mol. The maximum Gasteiger partial charge on any atom is 0.107 e. The summed E-state index contributed by atoms with van der Waals surface area (Å²) in [5.74, 6) is 0. The van der Waals surface area contributed by atoms with Crippen molar-refractivity contribution in [1.82, 2.24) is 4.90 Å². The molecule has 112 valence electrons. The van der Waals surface area contributed by atoms with Gasteiger partial charge in [-0.25, -0.2) is 0 Å². The first-order valence-corrected chi connectivity index (χ1v) is 8.00. The van der Waals surface area contributed by atoms with Crippen LogP contribution < -0.4 is 0 Å². The second-order valence-corrected chi connectivity index (χ2v) is 6.32. The van der Waals surface area contributed by atoms with Gasteiger partial charge in [0.25, 0.3) is 0 Å². The zero-order chi connectivity index (χ0) is 15.4. The van der Waals surface area contributed by atoms with Crippen molar-refractivity contribution in [2.45, 2.75) is 44.3 Å². The molecule has 2 aromatic rings. The standard InChI is InChI=1S/C20H22N2/c1-20(16-21)14-8-13-19(18-11-6-3-7-12-18)22(20)15-17-9-4-2-5-10-17/h2-7,9-12,19H,8,13-15H2,1H3/t19-,20-/m1/s1. The van der Waals surface area contributed by atoms with Gasteiger partial charge in [-0.05, 0) is 37.3 Å². The van der Waals surface area contributed by atoms with Gasteiger partial charge in [0, 0.05) is 12.6 Å². The van der Waals surface area contributed by atoms with E-state index in [0.717, 1.165) is 25.8 Å². The van der Waals surface area contributed by atoms with Crippen molar-refractivity contribution in [2.24, 2.45) is 0 Å². The van der Waals surface area contributed by atoms with Gasteiger partial charge in [0.15, 0.2) is 0 Å². The highest BCUT2D eigenvalue weighted by Crippen LogP contribution is 2.40. The molecule has 2 aromatic carbocycles. The Balaban J connectivity index is 1.95. The largest absolute Gasteiger partial charge is 0.274 e. The van der Waals surface area contributed by atoms with Gasteiger partial charge in [0.2, 0.25) is 0 Å². The van der Waals surface area contributed by atoms with Crippen molar-refractivity contribution in [2.75, 3.05) is 0 Å². The number of hydrogen-bond donors (Lipinski definition) is 0. The summed E-state index contributed by atoms with van der Waals surface area (Å²) < 4.78 is 0. The zero-order valence-electron chi connectivity index (χ0n) is 13.1. The fourth-order valence-corrected chi connectivity index (χ4v) is 3.49. The average Bonchev–Trinajstić information content (AvgIpc) is 2.58. The first kappa shape index (κ1) is 14.8. The summed E-state index contributed by atoms with van der Waals surface area (Å²) in [5, 5.41) is 9.77. The third kappa shape index (κ3) is 2.91. The van der Waals surface area contributed by atoms with Crippen LogP contribution in [-0.2, 0) is 6.54 Å². The van der Waals surface area contributed by atoms with Crippen LogP contribution in [0.5, 0.6) is 0 Å². The van der Waals surface area contributed by atoms with E-state index in [1.54, 1.807) is 0 Å². The van der Waals surface area contributed by atoms with E-state index < -0.39 is 5.54 Å². The summed E-state index contributed by atoms with van der Waals surface area (Å²) in [6.45, 7) is 2.91. The molecule has 22 heavy (non-hydrogen) atoms. The van der Waals surface area contributed by atoms with Crippen molar-refractivity contribution in [3.05, 3.63) is 71.8 Å². The lowest BCUT2D eigenvalue weighted by molar-refractivity contribution is 0.0391. The van der Waals surface area contributed by atoms with Crippen LogP contribution >= 0.6 is 0 Å². The van der Waals surface area contributed by atoms with E-state index in [0.29, 0.717) is 6.04 Å². The quantitative estimate of drug-likeness (QED) is 0.819. The Labute approximate surface area is 133 Å². The number of piperidine rings is 1. The first-order chi connectivity index (χ1) is 10.7. The topological polar surface area (TPSA) is 27.0 Å². The second kappa shape index (κ2) is 6.34. The molecule has 2 nitrogen and oxygen atoms in total. The number of benzene rings is 2. The van der Waals surface area contributed by atoms with Crippen molar-refractivity contribution < 1.29 is 0 Å². The highest BCUT2D eigenvalue weighted by Gasteiger charge is 2.40. The highest BCUT2D eigenvalue weighted by atomic mass is 15.2. The molecule has 0 unspecified atom stereocenters. The fourth-order valence-electron chi connectivity index (χ4n) is 3.49. The number of hydrogen-bond acceptors (Lipinski definition) is 2. The van der Waals surface area contributed by atoms with Crippen LogP contribution in [0.25, 0.3) is 0 Å². The van der Waals surface area contributed by atoms with E-state index in [1.165, 1.54) is 11.1 Å². The maximum atomic E-state index is 9.77. The molecule has 0 N–H and O–H groups in total. The van der Waals surface area contributed by atoms with Crippen molar-refractivity contribution in [3.63, 3.8) is 0 Å². The molecule has 0 aromatic heterocycles. The van der Waals surface area contributed by atoms with Crippen molar-refractivity contribution in [3.8, 4) is 6.07 Å². The summed E-state index contributed by atoms with van der Waals surface area (Å²) in [4.78, 5) is 2.39. The van der Waals surface area contributed by atoms with Gasteiger partial charge in [-0.15, -0.1) is 0 Å². The van der Waals surface area contributed by atoms with E-state index >= 15 is 0 Å². The Bertz CT molecular complexity index is 644. The van der Waals surface area contributed by atoms with Gasteiger partial charge in [-0.2, -0.15) is 5.26 Å². The molecular weight excluding hydrogens is 268 g/mol. The molecule has 2 heteroatoms. The van der Waals surface area contributed by atoms with Crippen LogP contribution in [-0.4, -0.2) is 10.4 Å². The molecule has 1 fully saturated rings. The van der Waals surface area contributed by atoms with Crippen LogP contribution in [0.4, 0.5) is 0 Å². The molecule has 0 radical (unpaired) electrons. The van der Waals surface area contributed by atoms with Gasteiger partial charge < -0.3 is 0 Å². The van der Waals surface area contributed by atoms with Gasteiger partial charge >= 0.3 is 0 Å². The molecule has 0 bridgehead atoms. The number of rotatable bonds is 3. The normalized spacial score (nSPS) is 25.5. The minimum atomic E-state index is -0.394. The van der Waals surface area contributed by atoms with Crippen LogP contribution in [0.3, 0.4) is 0 Å². The van der Waals surface area contributed by atoms with Crippen LogP contribution in [0.15, 0.2) is 60.7 Å². The van der Waals surface area contributed by atoms with Crippen LogP contribution in [0, 0.1) is 11.3 Å². The molecule has 1 aliphatic rings. The first-order valence-electron chi connectivity index (χ1n) is 8.00. The van der Waals surface area contributed by atoms with E-state index in [4.69, 9.17) is 0 Å². The van der Waals surface area contributed by atoms with E-state index in [2.05, 4.69) is 72.5 Å². The SMILES string of the molecule is C[C@]1(C#N)CCC[C@H](c2ccccc2)N1Cc1ccccc1. The summed E-state index contributed by atoms with van der Waals surface area (Å²) >= 11 is 0. The Hall–Kier alpha value is -2.11. The monoisotopic (exact) mass is 290 g/mol.